The van der Waals surface area contributed by atoms with Gasteiger partial charge < -0.3 is 25.4 Å². The number of aryl methyl sites for hydroxylation is 3. The molecule has 2 aromatic rings. The summed E-state index contributed by atoms with van der Waals surface area (Å²) in [5.41, 5.74) is 2.97. The molecule has 3 atom stereocenters. The van der Waals surface area contributed by atoms with Crippen molar-refractivity contribution in [2.45, 2.75) is 112 Å². The lowest BCUT2D eigenvalue weighted by Crippen LogP contribution is -2.55. The van der Waals surface area contributed by atoms with Crippen LogP contribution in [0.2, 0.25) is 0 Å². The van der Waals surface area contributed by atoms with Crippen LogP contribution in [0.1, 0.15) is 102 Å². The summed E-state index contributed by atoms with van der Waals surface area (Å²) >= 11 is 0. The number of phenols is 1. The largest absolute Gasteiger partial charge is 0.508 e. The number of alkyl carbamates (subject to hydrolysis) is 1. The molecular weight excluding hydrogens is 530 g/mol. The van der Waals surface area contributed by atoms with Crippen molar-refractivity contribution >= 4 is 23.6 Å². The highest BCUT2D eigenvalue weighted by Crippen LogP contribution is 2.31. The van der Waals surface area contributed by atoms with Gasteiger partial charge in [-0.15, -0.1) is 0 Å². The van der Waals surface area contributed by atoms with Crippen LogP contribution in [0.15, 0.2) is 36.4 Å². The number of hydrogen-bond acceptors (Lipinski definition) is 5. The predicted octanol–water partition coefficient (Wildman–Crippen LogP) is 7.35. The zero-order valence-corrected chi connectivity index (χ0v) is 27.0. The molecule has 0 aliphatic heterocycles. The van der Waals surface area contributed by atoms with E-state index >= 15 is 0 Å². The van der Waals surface area contributed by atoms with Gasteiger partial charge in [0.15, 0.2) is 0 Å². The number of aromatic hydroxyl groups is 1. The Bertz CT molecular complexity index is 1200. The van der Waals surface area contributed by atoms with Gasteiger partial charge >= 0.3 is 6.09 Å². The Kier molecular flexibility index (Phi) is 12.9. The number of nitrogens with zero attached hydrogens (tertiary/aromatic N) is 1. The Morgan fingerprint density at radius 2 is 1.60 bits per heavy atom. The minimum Gasteiger partial charge on any atom is -0.508 e. The number of para-hydroxylation sites is 1. The van der Waals surface area contributed by atoms with Crippen LogP contribution in [0.3, 0.4) is 0 Å². The van der Waals surface area contributed by atoms with Crippen molar-refractivity contribution in [3.8, 4) is 5.75 Å². The van der Waals surface area contributed by atoms with E-state index in [0.29, 0.717) is 36.2 Å². The Morgan fingerprint density at radius 3 is 2.14 bits per heavy atom. The number of phenolic OH excluding ortho intramolecular Hbond substituents is 1. The number of anilines is 1. The summed E-state index contributed by atoms with van der Waals surface area (Å²) in [6, 6.07) is 8.88. The van der Waals surface area contributed by atoms with Crippen LogP contribution in [0.5, 0.6) is 5.75 Å². The fraction of sp³-hybridized carbons (Fsp3) is 0.559. The fourth-order valence-corrected chi connectivity index (χ4v) is 4.90. The molecule has 42 heavy (non-hydrogen) atoms. The molecule has 8 nitrogen and oxygen atoms in total. The standard InChI is InChI=1S/C34H51N3O5/c1-10-12-13-14-20-37(32(40)29(22(3)11-2)36-33(41)42-34(7,8)9)30(26-18-19-27(38)25(6)21-26)31(39)35-28-23(4)16-15-17-24(28)5/h15-19,21-22,29-30,38H,10-14,20H2,1-9H3,(H,35,39)(H,36,41). The molecule has 8 heteroatoms. The summed E-state index contributed by atoms with van der Waals surface area (Å²) < 4.78 is 5.50. The molecule has 232 valence electrons. The molecule has 0 fully saturated rings. The van der Waals surface area contributed by atoms with Crippen LogP contribution in [0.25, 0.3) is 0 Å². The van der Waals surface area contributed by atoms with E-state index in [1.807, 2.05) is 45.9 Å². The van der Waals surface area contributed by atoms with E-state index in [1.165, 1.54) is 0 Å². The van der Waals surface area contributed by atoms with E-state index < -0.39 is 23.8 Å². The number of amides is 3. The zero-order valence-electron chi connectivity index (χ0n) is 27.0. The molecule has 3 N–H and O–H groups in total. The molecule has 0 heterocycles. The van der Waals surface area contributed by atoms with Crippen molar-refractivity contribution in [1.82, 2.24) is 10.2 Å². The van der Waals surface area contributed by atoms with Crippen molar-refractivity contribution in [3.05, 3.63) is 58.7 Å². The van der Waals surface area contributed by atoms with Gasteiger partial charge in [0.25, 0.3) is 5.91 Å². The topological polar surface area (TPSA) is 108 Å². The van der Waals surface area contributed by atoms with Crippen LogP contribution in [0.4, 0.5) is 10.5 Å². The van der Waals surface area contributed by atoms with Crippen molar-refractivity contribution < 1.29 is 24.2 Å². The lowest BCUT2D eigenvalue weighted by molar-refractivity contribution is -0.142. The first-order chi connectivity index (χ1) is 19.7. The summed E-state index contributed by atoms with van der Waals surface area (Å²) in [5.74, 6) is -0.815. The number of carbonyl (C=O) groups is 3. The molecule has 0 bridgehead atoms. The van der Waals surface area contributed by atoms with E-state index in [2.05, 4.69) is 17.6 Å². The van der Waals surface area contributed by atoms with Gasteiger partial charge in [-0.1, -0.05) is 70.7 Å². The number of nitrogens with one attached hydrogen (secondary N) is 2. The van der Waals surface area contributed by atoms with E-state index in [4.69, 9.17) is 4.74 Å². The number of ether oxygens (including phenoxy) is 1. The third kappa shape index (κ3) is 9.78. The van der Waals surface area contributed by atoms with Crippen LogP contribution in [0, 0.1) is 26.7 Å². The lowest BCUT2D eigenvalue weighted by atomic mass is 9.94. The minimum atomic E-state index is -0.996. The van der Waals surface area contributed by atoms with Crippen LogP contribution < -0.4 is 10.6 Å². The van der Waals surface area contributed by atoms with Crippen LogP contribution >= 0.6 is 0 Å². The quantitative estimate of drug-likeness (QED) is 0.214. The third-order valence-electron chi connectivity index (χ3n) is 7.51. The molecule has 3 amide bonds. The Balaban J connectivity index is 2.64. The van der Waals surface area contributed by atoms with Crippen molar-refractivity contribution in [2.75, 3.05) is 11.9 Å². The van der Waals surface area contributed by atoms with Crippen molar-refractivity contribution in [1.29, 1.82) is 0 Å². The number of carbonyl (C=O) groups excluding carboxylic acids is 3. The average Bonchev–Trinajstić information content (AvgIpc) is 2.91. The molecule has 0 aromatic heterocycles. The molecule has 0 saturated carbocycles. The smallest absolute Gasteiger partial charge is 0.408 e. The number of unbranched alkanes of at least 4 members (excludes halogenated alkanes) is 3. The monoisotopic (exact) mass is 581 g/mol. The van der Waals surface area contributed by atoms with E-state index in [9.17, 15) is 19.5 Å². The molecule has 0 radical (unpaired) electrons. The summed E-state index contributed by atoms with van der Waals surface area (Å²) in [6.07, 6.45) is 3.58. The fourth-order valence-electron chi connectivity index (χ4n) is 4.90. The Hall–Kier alpha value is -3.55. The highest BCUT2D eigenvalue weighted by atomic mass is 16.6. The maximum atomic E-state index is 14.5. The van der Waals surface area contributed by atoms with Gasteiger partial charge in [0.1, 0.15) is 23.4 Å². The van der Waals surface area contributed by atoms with E-state index in [-0.39, 0.29) is 23.5 Å². The first kappa shape index (κ1) is 34.7. The molecule has 2 rings (SSSR count). The second-order valence-electron chi connectivity index (χ2n) is 12.3. The zero-order chi connectivity index (χ0) is 31.6. The molecule has 0 aliphatic carbocycles. The molecule has 2 aromatic carbocycles. The van der Waals surface area contributed by atoms with Crippen molar-refractivity contribution in [3.63, 3.8) is 0 Å². The van der Waals surface area contributed by atoms with E-state index in [0.717, 1.165) is 30.4 Å². The molecule has 0 aliphatic rings. The van der Waals surface area contributed by atoms with E-state index in [1.54, 1.807) is 50.8 Å². The molecule has 3 unspecified atom stereocenters. The van der Waals surface area contributed by atoms with Gasteiger partial charge in [0.05, 0.1) is 0 Å². The second-order valence-corrected chi connectivity index (χ2v) is 12.3. The second kappa shape index (κ2) is 15.6. The van der Waals surface area contributed by atoms with Gasteiger partial charge in [-0.25, -0.2) is 4.79 Å². The SMILES string of the molecule is CCCCCCN(C(=O)C(NC(=O)OC(C)(C)C)C(C)CC)C(C(=O)Nc1c(C)cccc1C)c1ccc(O)c(C)c1. The van der Waals surface area contributed by atoms with Gasteiger partial charge in [-0.2, -0.15) is 0 Å². The number of hydrogen-bond donors (Lipinski definition) is 3. The lowest BCUT2D eigenvalue weighted by Gasteiger charge is -2.36. The Labute approximate surface area is 252 Å². The highest BCUT2D eigenvalue weighted by molar-refractivity contribution is 6.00. The van der Waals surface area contributed by atoms with Crippen molar-refractivity contribution in [2.24, 2.45) is 5.92 Å². The van der Waals surface area contributed by atoms with Gasteiger partial charge in [0.2, 0.25) is 5.91 Å². The van der Waals surface area contributed by atoms with Gasteiger partial charge in [-0.3, -0.25) is 9.59 Å². The van der Waals surface area contributed by atoms with Crippen LogP contribution in [-0.4, -0.2) is 46.1 Å². The average molecular weight is 582 g/mol. The predicted molar refractivity (Wildman–Crippen MR) is 169 cm³/mol. The first-order valence-electron chi connectivity index (χ1n) is 15.2. The summed E-state index contributed by atoms with van der Waals surface area (Å²) in [7, 11) is 0. The number of rotatable bonds is 13. The Morgan fingerprint density at radius 1 is 0.952 bits per heavy atom. The third-order valence-corrected chi connectivity index (χ3v) is 7.51. The molecular formula is C34H51N3O5. The highest BCUT2D eigenvalue weighted by Gasteiger charge is 2.38. The maximum Gasteiger partial charge on any atom is 0.408 e. The normalized spacial score (nSPS) is 13.5. The van der Waals surface area contributed by atoms with Crippen LogP contribution in [-0.2, 0) is 14.3 Å². The van der Waals surface area contributed by atoms with Gasteiger partial charge in [-0.05, 0) is 88.3 Å². The first-order valence-corrected chi connectivity index (χ1v) is 15.2. The molecule has 0 spiro atoms. The summed E-state index contributed by atoms with van der Waals surface area (Å²) in [5, 5.41) is 16.2. The summed E-state index contributed by atoms with van der Waals surface area (Å²) in [4.78, 5) is 43.2. The molecule has 0 saturated heterocycles. The number of benzene rings is 2. The summed E-state index contributed by atoms with van der Waals surface area (Å²) in [6.45, 7) is 17.3. The van der Waals surface area contributed by atoms with Gasteiger partial charge in [0, 0.05) is 12.2 Å². The minimum absolute atomic E-state index is 0.109. The maximum absolute atomic E-state index is 14.5.